The minimum absolute atomic E-state index is 0.123. The number of Topliss-reactive ketones (excluding diaryl/α,β-unsaturated/α-hetero) is 1. The van der Waals surface area contributed by atoms with E-state index in [-0.39, 0.29) is 11.7 Å². The molecule has 1 N–H and O–H groups in total. The molecule has 0 bridgehead atoms. The molecule has 0 aromatic rings. The van der Waals surface area contributed by atoms with Crippen LogP contribution in [0.25, 0.3) is 0 Å². The average molecular weight is 207 g/mol. The van der Waals surface area contributed by atoms with Gasteiger partial charge < -0.3 is 9.90 Å². The standard InChI is InChI=1S/C3H6O.C2H3Cl2F.CH4O/c1-3(2)4;3-1-2(4)5;1-2/h1-2H3;2H,1H2;2H,1H3. The maximum atomic E-state index is 11.1. The van der Waals surface area contributed by atoms with Crippen molar-refractivity contribution in [3.05, 3.63) is 0 Å². The van der Waals surface area contributed by atoms with E-state index in [9.17, 15) is 9.18 Å². The van der Waals surface area contributed by atoms with Crippen LogP contribution >= 0.6 is 23.2 Å². The Morgan fingerprint density at radius 2 is 1.64 bits per heavy atom. The van der Waals surface area contributed by atoms with Crippen LogP contribution in [0, 0.1) is 0 Å². The van der Waals surface area contributed by atoms with E-state index in [1.807, 2.05) is 0 Å². The van der Waals surface area contributed by atoms with E-state index in [0.717, 1.165) is 7.11 Å². The fourth-order valence-electron chi connectivity index (χ4n) is 0. The molecule has 70 valence electrons. The van der Waals surface area contributed by atoms with Crippen molar-refractivity contribution >= 4 is 29.0 Å². The number of carbonyl (C=O) groups excluding carboxylic acids is 1. The maximum Gasteiger partial charge on any atom is 0.186 e. The SMILES string of the molecule is CC(C)=O.CO.FC(Cl)CCl. The van der Waals surface area contributed by atoms with E-state index in [1.54, 1.807) is 0 Å². The van der Waals surface area contributed by atoms with Crippen LogP contribution in [-0.2, 0) is 4.79 Å². The van der Waals surface area contributed by atoms with Crippen molar-refractivity contribution in [2.45, 2.75) is 19.5 Å². The van der Waals surface area contributed by atoms with Crippen molar-refractivity contribution in [3.8, 4) is 0 Å². The first-order valence-electron chi connectivity index (χ1n) is 2.76. The van der Waals surface area contributed by atoms with Crippen LogP contribution in [0.2, 0.25) is 0 Å². The monoisotopic (exact) mass is 206 g/mol. The van der Waals surface area contributed by atoms with Crippen LogP contribution in [0.15, 0.2) is 0 Å². The number of carbonyl (C=O) groups is 1. The maximum absolute atomic E-state index is 11.1. The van der Waals surface area contributed by atoms with Gasteiger partial charge in [-0.2, -0.15) is 0 Å². The lowest BCUT2D eigenvalue weighted by atomic mass is 10.6. The number of alkyl halides is 3. The van der Waals surface area contributed by atoms with Crippen LogP contribution in [0.4, 0.5) is 4.39 Å². The first-order chi connectivity index (χ1) is 5.00. The zero-order valence-electron chi connectivity index (χ0n) is 6.77. The summed E-state index contributed by atoms with van der Waals surface area (Å²) in [7, 11) is 1.00. The molecule has 0 heterocycles. The van der Waals surface area contributed by atoms with Gasteiger partial charge in [-0.1, -0.05) is 11.6 Å². The van der Waals surface area contributed by atoms with Crippen molar-refractivity contribution in [1.82, 2.24) is 0 Å². The summed E-state index contributed by atoms with van der Waals surface area (Å²) in [5, 5.41) is 7.00. The molecule has 0 aromatic carbocycles. The average Bonchev–Trinajstić information content (AvgIpc) is 1.91. The third-order valence-electron chi connectivity index (χ3n) is 0.117. The lowest BCUT2D eigenvalue weighted by molar-refractivity contribution is -0.114. The molecule has 0 spiro atoms. The number of halogens is 3. The number of hydrogen-bond donors (Lipinski definition) is 1. The first kappa shape index (κ1) is 17.3. The highest BCUT2D eigenvalue weighted by molar-refractivity contribution is 6.27. The number of aliphatic hydroxyl groups is 1. The molecular weight excluding hydrogens is 194 g/mol. The molecular formula is C6H13Cl2FO2. The first-order valence-corrected chi connectivity index (χ1v) is 3.73. The van der Waals surface area contributed by atoms with Gasteiger partial charge in [-0.25, -0.2) is 4.39 Å². The minimum Gasteiger partial charge on any atom is -0.400 e. The Labute approximate surface area is 76.3 Å². The minimum atomic E-state index is -1.38. The molecule has 1 atom stereocenters. The van der Waals surface area contributed by atoms with E-state index in [4.69, 9.17) is 16.7 Å². The molecule has 2 nitrogen and oxygen atoms in total. The second-order valence-electron chi connectivity index (χ2n) is 1.45. The highest BCUT2D eigenvalue weighted by Crippen LogP contribution is 1.96. The summed E-state index contributed by atoms with van der Waals surface area (Å²) < 4.78 is 11.1. The summed E-state index contributed by atoms with van der Waals surface area (Å²) >= 11 is 9.49. The molecule has 0 aliphatic rings. The Morgan fingerprint density at radius 1 is 1.55 bits per heavy atom. The van der Waals surface area contributed by atoms with Crippen molar-refractivity contribution in [2.24, 2.45) is 0 Å². The normalized spacial score (nSPS) is 9.73. The molecule has 0 aliphatic carbocycles. The van der Waals surface area contributed by atoms with Crippen LogP contribution < -0.4 is 0 Å². The van der Waals surface area contributed by atoms with Crippen molar-refractivity contribution in [1.29, 1.82) is 0 Å². The number of aliphatic hydroxyl groups excluding tert-OH is 1. The quantitative estimate of drug-likeness (QED) is 0.667. The smallest absolute Gasteiger partial charge is 0.186 e. The topological polar surface area (TPSA) is 37.3 Å². The highest BCUT2D eigenvalue weighted by Gasteiger charge is 1.91. The lowest BCUT2D eigenvalue weighted by Crippen LogP contribution is -1.84. The van der Waals surface area contributed by atoms with Crippen LogP contribution in [0.1, 0.15) is 13.8 Å². The van der Waals surface area contributed by atoms with E-state index in [1.165, 1.54) is 13.8 Å². The molecule has 5 heteroatoms. The van der Waals surface area contributed by atoms with E-state index in [2.05, 4.69) is 11.6 Å². The zero-order chi connectivity index (χ0) is 9.86. The van der Waals surface area contributed by atoms with Gasteiger partial charge in [-0.05, 0) is 13.8 Å². The molecule has 0 fully saturated rings. The van der Waals surface area contributed by atoms with Gasteiger partial charge in [0.05, 0.1) is 5.88 Å². The van der Waals surface area contributed by atoms with Crippen molar-refractivity contribution in [3.63, 3.8) is 0 Å². The summed E-state index contributed by atoms with van der Waals surface area (Å²) in [5.41, 5.74) is -1.38. The summed E-state index contributed by atoms with van der Waals surface area (Å²) in [6.45, 7) is 3.06. The van der Waals surface area contributed by atoms with Gasteiger partial charge in [0.2, 0.25) is 0 Å². The molecule has 0 amide bonds. The van der Waals surface area contributed by atoms with Gasteiger partial charge in [-0.15, -0.1) is 11.6 Å². The molecule has 0 rings (SSSR count). The second kappa shape index (κ2) is 16.6. The van der Waals surface area contributed by atoms with Gasteiger partial charge in [-0.3, -0.25) is 0 Å². The summed E-state index contributed by atoms with van der Waals surface area (Å²) in [4.78, 5) is 9.44. The third-order valence-corrected chi connectivity index (χ3v) is 0.700. The largest absolute Gasteiger partial charge is 0.400 e. The van der Waals surface area contributed by atoms with Gasteiger partial charge in [0.1, 0.15) is 5.78 Å². The van der Waals surface area contributed by atoms with Crippen LogP contribution in [0.5, 0.6) is 0 Å². The predicted molar refractivity (Wildman–Crippen MR) is 46.0 cm³/mol. The van der Waals surface area contributed by atoms with Crippen molar-refractivity contribution in [2.75, 3.05) is 13.0 Å². The van der Waals surface area contributed by atoms with Gasteiger partial charge in [0.25, 0.3) is 0 Å². The van der Waals surface area contributed by atoms with E-state index < -0.39 is 5.63 Å². The third kappa shape index (κ3) is 147. The number of ketones is 1. The fourth-order valence-corrected chi connectivity index (χ4v) is 0. The Morgan fingerprint density at radius 3 is 1.64 bits per heavy atom. The lowest BCUT2D eigenvalue weighted by Gasteiger charge is -1.81. The Hall–Kier alpha value is 0.140. The molecule has 0 aromatic heterocycles. The van der Waals surface area contributed by atoms with E-state index >= 15 is 0 Å². The summed E-state index contributed by atoms with van der Waals surface area (Å²) in [6, 6.07) is 0. The molecule has 0 radical (unpaired) electrons. The predicted octanol–water partition coefficient (Wildman–Crippen LogP) is 1.96. The number of rotatable bonds is 1. The summed E-state index contributed by atoms with van der Waals surface area (Å²) in [6.07, 6.45) is 0. The molecule has 0 saturated carbocycles. The number of hydrogen-bond acceptors (Lipinski definition) is 2. The Balaban J connectivity index is -0.0000000965. The Kier molecular flexibility index (Phi) is 26.1. The van der Waals surface area contributed by atoms with Gasteiger partial charge in [0.15, 0.2) is 5.63 Å². The molecule has 1 unspecified atom stereocenters. The van der Waals surface area contributed by atoms with E-state index in [0.29, 0.717) is 0 Å². The molecule has 0 saturated heterocycles. The highest BCUT2D eigenvalue weighted by atomic mass is 35.5. The summed E-state index contributed by atoms with van der Waals surface area (Å²) in [5.74, 6) is 0.0432. The van der Waals surface area contributed by atoms with Crippen molar-refractivity contribution < 1.29 is 14.3 Å². The Bertz CT molecular complexity index is 75.0. The fraction of sp³-hybridized carbons (Fsp3) is 0.833. The van der Waals surface area contributed by atoms with Crippen LogP contribution in [0.3, 0.4) is 0 Å². The second-order valence-corrected chi connectivity index (χ2v) is 2.24. The van der Waals surface area contributed by atoms with Gasteiger partial charge in [0, 0.05) is 7.11 Å². The zero-order valence-corrected chi connectivity index (χ0v) is 8.29. The molecule has 0 aliphatic heterocycles. The van der Waals surface area contributed by atoms with Crippen LogP contribution in [-0.4, -0.2) is 29.5 Å². The molecule has 11 heavy (non-hydrogen) atoms. The van der Waals surface area contributed by atoms with Gasteiger partial charge >= 0.3 is 0 Å².